The van der Waals surface area contributed by atoms with Crippen LogP contribution in [0.2, 0.25) is 0 Å². The van der Waals surface area contributed by atoms with Crippen LogP contribution in [0, 0.1) is 0 Å². The highest BCUT2D eigenvalue weighted by Gasteiger charge is 2.06. The summed E-state index contributed by atoms with van der Waals surface area (Å²) in [5.74, 6) is -0.226. The van der Waals surface area contributed by atoms with Crippen LogP contribution in [-0.2, 0) is 11.3 Å². The first kappa shape index (κ1) is 13.7. The van der Waals surface area contributed by atoms with E-state index in [1.807, 2.05) is 0 Å². The maximum absolute atomic E-state index is 11.4. The number of methoxy groups -OCH3 is 1. The zero-order chi connectivity index (χ0) is 14.5. The second-order valence-electron chi connectivity index (χ2n) is 4.24. The number of ether oxygens (including phenoxy) is 1. The molecular weight excluding hydrogens is 258 g/mol. The zero-order valence-electron chi connectivity index (χ0n) is 11.0. The molecule has 0 aromatic heterocycles. The van der Waals surface area contributed by atoms with Crippen LogP contribution in [0.15, 0.2) is 42.5 Å². The molecule has 2 aromatic rings. The highest BCUT2D eigenvalue weighted by Crippen LogP contribution is 2.23. The second kappa shape index (κ2) is 5.97. The summed E-state index contributed by atoms with van der Waals surface area (Å²) >= 11 is 0. The van der Waals surface area contributed by atoms with Gasteiger partial charge in [-0.2, -0.15) is 0 Å². The lowest BCUT2D eigenvalue weighted by atomic mass is 10.1. The Hall–Kier alpha value is -2.69. The lowest BCUT2D eigenvalue weighted by Gasteiger charge is -2.09. The molecule has 0 unspecified atom stereocenters. The molecule has 0 fully saturated rings. The quantitative estimate of drug-likeness (QED) is 0.589. The fourth-order valence-electron chi connectivity index (χ4n) is 1.78. The summed E-state index contributed by atoms with van der Waals surface area (Å²) in [6.07, 6.45) is 0. The normalized spacial score (nSPS) is 10.1. The SMILES string of the molecule is COC(=O)c1cccc(NCc2cc(O)ccc2O)c1. The van der Waals surface area contributed by atoms with E-state index in [9.17, 15) is 15.0 Å². The summed E-state index contributed by atoms with van der Waals surface area (Å²) in [6, 6.07) is 11.2. The number of phenols is 2. The first-order valence-corrected chi connectivity index (χ1v) is 6.03. The van der Waals surface area contributed by atoms with Gasteiger partial charge in [-0.25, -0.2) is 4.79 Å². The van der Waals surface area contributed by atoms with Gasteiger partial charge in [-0.3, -0.25) is 0 Å². The minimum absolute atomic E-state index is 0.0860. The van der Waals surface area contributed by atoms with Crippen LogP contribution >= 0.6 is 0 Å². The summed E-state index contributed by atoms with van der Waals surface area (Å²) < 4.78 is 4.65. The minimum Gasteiger partial charge on any atom is -0.508 e. The predicted octanol–water partition coefficient (Wildman–Crippen LogP) is 2.50. The van der Waals surface area contributed by atoms with Crippen molar-refractivity contribution in [2.75, 3.05) is 12.4 Å². The maximum atomic E-state index is 11.4. The van der Waals surface area contributed by atoms with E-state index in [2.05, 4.69) is 10.1 Å². The molecule has 0 saturated heterocycles. The number of phenolic OH excluding ortho intramolecular Hbond substituents is 2. The number of carbonyl (C=O) groups excluding carboxylic acids is 1. The summed E-state index contributed by atoms with van der Waals surface area (Å²) in [6.45, 7) is 0.324. The third kappa shape index (κ3) is 3.20. The van der Waals surface area contributed by atoms with Gasteiger partial charge in [0.2, 0.25) is 0 Å². The Morgan fingerprint density at radius 2 is 2.00 bits per heavy atom. The number of hydrogen-bond donors (Lipinski definition) is 3. The molecule has 0 spiro atoms. The Balaban J connectivity index is 2.11. The molecule has 0 amide bonds. The van der Waals surface area contributed by atoms with E-state index in [1.165, 1.54) is 25.3 Å². The van der Waals surface area contributed by atoms with Crippen LogP contribution in [0.3, 0.4) is 0 Å². The van der Waals surface area contributed by atoms with Gasteiger partial charge in [-0.05, 0) is 36.4 Å². The molecule has 0 heterocycles. The van der Waals surface area contributed by atoms with Crippen molar-refractivity contribution in [2.45, 2.75) is 6.54 Å². The van der Waals surface area contributed by atoms with E-state index in [0.29, 0.717) is 17.7 Å². The third-order valence-corrected chi connectivity index (χ3v) is 2.83. The van der Waals surface area contributed by atoms with Gasteiger partial charge < -0.3 is 20.3 Å². The van der Waals surface area contributed by atoms with Crippen LogP contribution in [-0.4, -0.2) is 23.3 Å². The molecule has 104 valence electrons. The first-order valence-electron chi connectivity index (χ1n) is 6.03. The number of rotatable bonds is 4. The average molecular weight is 273 g/mol. The van der Waals surface area contributed by atoms with Crippen molar-refractivity contribution in [3.63, 3.8) is 0 Å². The molecular formula is C15H15NO4. The van der Waals surface area contributed by atoms with E-state index in [4.69, 9.17) is 0 Å². The summed E-state index contributed by atoms with van der Waals surface area (Å²) in [7, 11) is 1.33. The van der Waals surface area contributed by atoms with E-state index in [1.54, 1.807) is 24.3 Å². The second-order valence-corrected chi connectivity index (χ2v) is 4.24. The summed E-state index contributed by atoms with van der Waals surface area (Å²) in [5, 5.41) is 22.1. The Bertz CT molecular complexity index is 625. The molecule has 20 heavy (non-hydrogen) atoms. The number of benzene rings is 2. The number of anilines is 1. The van der Waals surface area contributed by atoms with E-state index in [-0.39, 0.29) is 11.5 Å². The maximum Gasteiger partial charge on any atom is 0.337 e. The fourth-order valence-corrected chi connectivity index (χ4v) is 1.78. The lowest BCUT2D eigenvalue weighted by molar-refractivity contribution is 0.0601. The summed E-state index contributed by atoms with van der Waals surface area (Å²) in [5.41, 5.74) is 1.72. The monoisotopic (exact) mass is 273 g/mol. The smallest absolute Gasteiger partial charge is 0.337 e. The number of aromatic hydroxyl groups is 2. The van der Waals surface area contributed by atoms with Crippen LogP contribution in [0.4, 0.5) is 5.69 Å². The Kier molecular flexibility index (Phi) is 4.10. The molecule has 0 radical (unpaired) electrons. The lowest BCUT2D eigenvalue weighted by Crippen LogP contribution is -2.04. The Labute approximate surface area is 116 Å². The topological polar surface area (TPSA) is 78.8 Å². The largest absolute Gasteiger partial charge is 0.508 e. The van der Waals surface area contributed by atoms with Crippen LogP contribution in [0.5, 0.6) is 11.5 Å². The van der Waals surface area contributed by atoms with Crippen LogP contribution in [0.25, 0.3) is 0 Å². The molecule has 5 nitrogen and oxygen atoms in total. The van der Waals surface area contributed by atoms with Gasteiger partial charge in [0, 0.05) is 17.8 Å². The van der Waals surface area contributed by atoms with Gasteiger partial charge in [-0.1, -0.05) is 6.07 Å². The predicted molar refractivity (Wildman–Crippen MR) is 74.9 cm³/mol. The number of hydrogen-bond acceptors (Lipinski definition) is 5. The standard InChI is InChI=1S/C15H15NO4/c1-20-15(19)10-3-2-4-12(7-10)16-9-11-8-13(17)5-6-14(11)18/h2-8,16-18H,9H2,1H3. The molecule has 5 heteroatoms. The van der Waals surface area contributed by atoms with E-state index < -0.39 is 5.97 Å². The van der Waals surface area contributed by atoms with Gasteiger partial charge in [0.25, 0.3) is 0 Å². The van der Waals surface area contributed by atoms with Crippen molar-refractivity contribution < 1.29 is 19.7 Å². The van der Waals surface area contributed by atoms with Crippen molar-refractivity contribution in [2.24, 2.45) is 0 Å². The molecule has 0 aliphatic heterocycles. The van der Waals surface area contributed by atoms with Gasteiger partial charge in [0.1, 0.15) is 11.5 Å². The minimum atomic E-state index is -0.408. The highest BCUT2D eigenvalue weighted by atomic mass is 16.5. The molecule has 0 saturated carbocycles. The highest BCUT2D eigenvalue weighted by molar-refractivity contribution is 5.90. The molecule has 0 bridgehead atoms. The number of esters is 1. The first-order chi connectivity index (χ1) is 9.60. The number of carbonyl (C=O) groups is 1. The van der Waals surface area contributed by atoms with Gasteiger partial charge in [0.05, 0.1) is 12.7 Å². The van der Waals surface area contributed by atoms with Crippen molar-refractivity contribution in [3.8, 4) is 11.5 Å². The molecule has 0 aliphatic carbocycles. The van der Waals surface area contributed by atoms with Crippen molar-refractivity contribution in [1.82, 2.24) is 0 Å². The van der Waals surface area contributed by atoms with E-state index in [0.717, 1.165) is 5.69 Å². The van der Waals surface area contributed by atoms with Gasteiger partial charge in [-0.15, -0.1) is 0 Å². The molecule has 0 aliphatic rings. The average Bonchev–Trinajstić information content (AvgIpc) is 2.47. The van der Waals surface area contributed by atoms with Crippen molar-refractivity contribution >= 4 is 11.7 Å². The van der Waals surface area contributed by atoms with Gasteiger partial charge >= 0.3 is 5.97 Å². The van der Waals surface area contributed by atoms with E-state index >= 15 is 0 Å². The molecule has 2 aromatic carbocycles. The van der Waals surface area contributed by atoms with Crippen LogP contribution in [0.1, 0.15) is 15.9 Å². The van der Waals surface area contributed by atoms with Gasteiger partial charge in [0.15, 0.2) is 0 Å². The fraction of sp³-hybridized carbons (Fsp3) is 0.133. The van der Waals surface area contributed by atoms with Crippen molar-refractivity contribution in [1.29, 1.82) is 0 Å². The Morgan fingerprint density at radius 1 is 1.20 bits per heavy atom. The third-order valence-electron chi connectivity index (χ3n) is 2.83. The number of nitrogens with one attached hydrogen (secondary N) is 1. The zero-order valence-corrected chi connectivity index (χ0v) is 11.0. The summed E-state index contributed by atoms with van der Waals surface area (Å²) in [4.78, 5) is 11.4. The Morgan fingerprint density at radius 3 is 2.75 bits per heavy atom. The van der Waals surface area contributed by atoms with Crippen LogP contribution < -0.4 is 5.32 Å². The molecule has 2 rings (SSSR count). The molecule has 3 N–H and O–H groups in total. The van der Waals surface area contributed by atoms with Crippen molar-refractivity contribution in [3.05, 3.63) is 53.6 Å². The molecule has 0 atom stereocenters.